The Morgan fingerprint density at radius 2 is 1.80 bits per heavy atom. The smallest absolute Gasteiger partial charge is 0.146 e. The van der Waals surface area contributed by atoms with E-state index < -0.39 is 0 Å². The van der Waals surface area contributed by atoms with Crippen molar-refractivity contribution in [3.05, 3.63) is 60.2 Å². The Bertz CT molecular complexity index is 429. The van der Waals surface area contributed by atoms with Crippen LogP contribution in [-0.4, -0.2) is 4.98 Å². The highest BCUT2D eigenvalue weighted by Crippen LogP contribution is 2.13. The van der Waals surface area contributed by atoms with E-state index in [-0.39, 0.29) is 5.82 Å². The quantitative estimate of drug-likeness (QED) is 0.827. The van der Waals surface area contributed by atoms with Crippen molar-refractivity contribution >= 4 is 5.69 Å². The Hall–Kier alpha value is -1.90. The van der Waals surface area contributed by atoms with Crippen molar-refractivity contribution in [3.63, 3.8) is 0 Å². The van der Waals surface area contributed by atoms with Crippen molar-refractivity contribution in [1.29, 1.82) is 0 Å². The second kappa shape index (κ2) is 4.55. The Kier molecular flexibility index (Phi) is 2.93. The van der Waals surface area contributed by atoms with Gasteiger partial charge in [-0.15, -0.1) is 0 Å². The standard InChI is InChI=1S/C12H11FN2/c13-11-3-1-2-4-12(11)15-9-10-5-7-14-8-6-10/h1-8,15H,9H2. The van der Waals surface area contributed by atoms with Crippen LogP contribution in [0.1, 0.15) is 5.56 Å². The molecule has 1 aromatic carbocycles. The average molecular weight is 202 g/mol. The molecule has 0 spiro atoms. The third-order valence-electron chi connectivity index (χ3n) is 2.11. The third-order valence-corrected chi connectivity index (χ3v) is 2.11. The number of hydrogen-bond acceptors (Lipinski definition) is 2. The molecule has 1 heterocycles. The molecule has 0 saturated heterocycles. The minimum absolute atomic E-state index is 0.230. The van der Waals surface area contributed by atoms with Crippen molar-refractivity contribution in [2.24, 2.45) is 0 Å². The molecule has 0 bridgehead atoms. The van der Waals surface area contributed by atoms with E-state index in [1.54, 1.807) is 30.6 Å². The molecule has 76 valence electrons. The number of hydrogen-bond donors (Lipinski definition) is 1. The van der Waals surface area contributed by atoms with Gasteiger partial charge in [-0.3, -0.25) is 4.98 Å². The van der Waals surface area contributed by atoms with Crippen molar-refractivity contribution in [2.75, 3.05) is 5.32 Å². The van der Waals surface area contributed by atoms with Crippen molar-refractivity contribution in [2.45, 2.75) is 6.54 Å². The van der Waals surface area contributed by atoms with E-state index in [4.69, 9.17) is 0 Å². The minimum Gasteiger partial charge on any atom is -0.379 e. The zero-order valence-corrected chi connectivity index (χ0v) is 8.15. The molecule has 0 aliphatic heterocycles. The summed E-state index contributed by atoms with van der Waals surface area (Å²) in [6.07, 6.45) is 3.44. The van der Waals surface area contributed by atoms with Crippen LogP contribution in [0.4, 0.5) is 10.1 Å². The maximum Gasteiger partial charge on any atom is 0.146 e. The van der Waals surface area contributed by atoms with Gasteiger partial charge in [0, 0.05) is 18.9 Å². The molecule has 3 heteroatoms. The molecule has 0 saturated carbocycles. The molecule has 0 atom stereocenters. The summed E-state index contributed by atoms with van der Waals surface area (Å²) in [5.74, 6) is -0.230. The molecular formula is C12H11FN2. The summed E-state index contributed by atoms with van der Waals surface area (Å²) >= 11 is 0. The van der Waals surface area contributed by atoms with Gasteiger partial charge < -0.3 is 5.32 Å². The highest BCUT2D eigenvalue weighted by molar-refractivity contribution is 5.44. The summed E-state index contributed by atoms with van der Waals surface area (Å²) < 4.78 is 13.2. The lowest BCUT2D eigenvalue weighted by Gasteiger charge is -2.06. The van der Waals surface area contributed by atoms with Crippen LogP contribution in [0.5, 0.6) is 0 Å². The van der Waals surface area contributed by atoms with Gasteiger partial charge in [0.25, 0.3) is 0 Å². The molecule has 0 radical (unpaired) electrons. The lowest BCUT2D eigenvalue weighted by molar-refractivity contribution is 0.630. The summed E-state index contributed by atoms with van der Waals surface area (Å²) in [5, 5.41) is 3.03. The predicted molar refractivity (Wildman–Crippen MR) is 58.0 cm³/mol. The summed E-state index contributed by atoms with van der Waals surface area (Å²) in [5.41, 5.74) is 1.60. The third kappa shape index (κ3) is 2.53. The molecule has 0 aliphatic rings. The van der Waals surface area contributed by atoms with Gasteiger partial charge in [-0.2, -0.15) is 0 Å². The summed E-state index contributed by atoms with van der Waals surface area (Å²) in [4.78, 5) is 3.92. The number of nitrogens with one attached hydrogen (secondary N) is 1. The molecule has 0 aliphatic carbocycles. The van der Waals surface area contributed by atoms with Gasteiger partial charge >= 0.3 is 0 Å². The van der Waals surface area contributed by atoms with Crippen molar-refractivity contribution in [1.82, 2.24) is 4.98 Å². The molecule has 0 fully saturated rings. The van der Waals surface area contributed by atoms with Crippen molar-refractivity contribution in [3.8, 4) is 0 Å². The van der Waals surface area contributed by atoms with E-state index in [2.05, 4.69) is 10.3 Å². The minimum atomic E-state index is -0.230. The Balaban J connectivity index is 2.03. The topological polar surface area (TPSA) is 24.9 Å². The lowest BCUT2D eigenvalue weighted by atomic mass is 10.2. The second-order valence-corrected chi connectivity index (χ2v) is 3.19. The van der Waals surface area contributed by atoms with E-state index in [0.717, 1.165) is 5.56 Å². The predicted octanol–water partition coefficient (Wildman–Crippen LogP) is 2.83. The normalized spacial score (nSPS) is 9.93. The zero-order valence-electron chi connectivity index (χ0n) is 8.15. The molecule has 2 aromatic rings. The van der Waals surface area contributed by atoms with E-state index in [1.807, 2.05) is 12.1 Å². The van der Waals surface area contributed by atoms with Gasteiger partial charge in [0.05, 0.1) is 5.69 Å². The Labute approximate surface area is 87.8 Å². The van der Waals surface area contributed by atoms with Crippen LogP contribution in [0.15, 0.2) is 48.8 Å². The lowest BCUT2D eigenvalue weighted by Crippen LogP contribution is -2.00. The molecule has 2 rings (SSSR count). The first kappa shape index (κ1) is 9.65. The highest BCUT2D eigenvalue weighted by Gasteiger charge is 1.98. The van der Waals surface area contributed by atoms with Gasteiger partial charge in [-0.25, -0.2) is 4.39 Å². The van der Waals surface area contributed by atoms with Gasteiger partial charge in [-0.05, 0) is 29.8 Å². The van der Waals surface area contributed by atoms with Crippen molar-refractivity contribution < 1.29 is 4.39 Å². The second-order valence-electron chi connectivity index (χ2n) is 3.19. The van der Waals surface area contributed by atoms with E-state index >= 15 is 0 Å². The molecule has 2 nitrogen and oxygen atoms in total. The number of benzene rings is 1. The van der Waals surface area contributed by atoms with E-state index in [9.17, 15) is 4.39 Å². The van der Waals surface area contributed by atoms with Crippen LogP contribution in [0.25, 0.3) is 0 Å². The van der Waals surface area contributed by atoms with Gasteiger partial charge in [0.2, 0.25) is 0 Å². The largest absolute Gasteiger partial charge is 0.379 e. The van der Waals surface area contributed by atoms with Gasteiger partial charge in [0.15, 0.2) is 0 Å². The Morgan fingerprint density at radius 1 is 1.07 bits per heavy atom. The van der Waals surface area contributed by atoms with E-state index in [1.165, 1.54) is 6.07 Å². The van der Waals surface area contributed by atoms with Crippen LogP contribution in [-0.2, 0) is 6.54 Å². The molecule has 1 aromatic heterocycles. The maximum atomic E-state index is 13.2. The number of pyridine rings is 1. The Morgan fingerprint density at radius 3 is 2.53 bits per heavy atom. The maximum absolute atomic E-state index is 13.2. The number of halogens is 1. The number of rotatable bonds is 3. The van der Waals surface area contributed by atoms with Crippen LogP contribution in [0, 0.1) is 5.82 Å². The van der Waals surface area contributed by atoms with Gasteiger partial charge in [0.1, 0.15) is 5.82 Å². The summed E-state index contributed by atoms with van der Waals surface area (Å²) in [7, 11) is 0. The van der Waals surface area contributed by atoms with E-state index in [0.29, 0.717) is 12.2 Å². The number of anilines is 1. The zero-order chi connectivity index (χ0) is 10.5. The SMILES string of the molecule is Fc1ccccc1NCc1ccncc1. The summed E-state index contributed by atoms with van der Waals surface area (Å²) in [6.45, 7) is 0.601. The molecule has 0 amide bonds. The number of nitrogens with zero attached hydrogens (tertiary/aromatic N) is 1. The fraction of sp³-hybridized carbons (Fsp3) is 0.0833. The van der Waals surface area contributed by atoms with Crippen LogP contribution in [0.2, 0.25) is 0 Å². The molecule has 15 heavy (non-hydrogen) atoms. The molecular weight excluding hydrogens is 191 g/mol. The molecule has 1 N–H and O–H groups in total. The first-order chi connectivity index (χ1) is 7.36. The summed E-state index contributed by atoms with van der Waals surface area (Å²) in [6, 6.07) is 10.4. The first-order valence-corrected chi connectivity index (χ1v) is 4.73. The van der Waals surface area contributed by atoms with Crippen LogP contribution < -0.4 is 5.32 Å². The average Bonchev–Trinajstić information content (AvgIpc) is 2.29. The fourth-order valence-electron chi connectivity index (χ4n) is 1.30. The molecule has 0 unspecified atom stereocenters. The van der Waals surface area contributed by atoms with Crippen LogP contribution in [0.3, 0.4) is 0 Å². The highest BCUT2D eigenvalue weighted by atomic mass is 19.1. The monoisotopic (exact) mass is 202 g/mol. The number of aromatic nitrogens is 1. The fourth-order valence-corrected chi connectivity index (χ4v) is 1.30. The number of para-hydroxylation sites is 1. The van der Waals surface area contributed by atoms with Crippen LogP contribution >= 0.6 is 0 Å². The van der Waals surface area contributed by atoms with Gasteiger partial charge in [-0.1, -0.05) is 12.1 Å². The first-order valence-electron chi connectivity index (χ1n) is 4.73.